The number of halogens is 2. The molecule has 3 rings (SSSR count). The molecule has 2 aromatic carbocycles. The quantitative estimate of drug-likeness (QED) is 0.841. The number of morpholine rings is 1. The summed E-state index contributed by atoms with van der Waals surface area (Å²) in [7, 11) is 0. The summed E-state index contributed by atoms with van der Waals surface area (Å²) in [6.45, 7) is 2.81. The average Bonchev–Trinajstić information content (AvgIpc) is 2.64. The van der Waals surface area contributed by atoms with Gasteiger partial charge in [-0.15, -0.1) is 0 Å². The van der Waals surface area contributed by atoms with Crippen LogP contribution in [0.25, 0.3) is 0 Å². The summed E-state index contributed by atoms with van der Waals surface area (Å²) < 4.78 is 18.8. The van der Waals surface area contributed by atoms with Crippen molar-refractivity contribution < 1.29 is 13.9 Å². The van der Waals surface area contributed by atoms with Crippen LogP contribution in [0.3, 0.4) is 0 Å². The van der Waals surface area contributed by atoms with Crippen LogP contribution in [-0.2, 0) is 16.0 Å². The van der Waals surface area contributed by atoms with E-state index in [-0.39, 0.29) is 17.8 Å². The van der Waals surface area contributed by atoms with Gasteiger partial charge < -0.3 is 10.1 Å². The van der Waals surface area contributed by atoms with Crippen LogP contribution in [0.1, 0.15) is 17.2 Å². The number of carbonyl (C=O) groups excluding carboxylic acids is 1. The van der Waals surface area contributed by atoms with E-state index in [2.05, 4.69) is 10.2 Å². The highest BCUT2D eigenvalue weighted by atomic mass is 35.5. The monoisotopic (exact) mass is 376 g/mol. The molecular weight excluding hydrogens is 355 g/mol. The van der Waals surface area contributed by atoms with Gasteiger partial charge >= 0.3 is 0 Å². The zero-order valence-electron chi connectivity index (χ0n) is 14.5. The third-order valence-electron chi connectivity index (χ3n) is 4.41. The van der Waals surface area contributed by atoms with Crippen LogP contribution in [-0.4, -0.2) is 43.6 Å². The second-order valence-corrected chi connectivity index (χ2v) is 6.81. The maximum Gasteiger partial charge on any atom is 0.234 e. The van der Waals surface area contributed by atoms with E-state index in [4.69, 9.17) is 16.3 Å². The van der Waals surface area contributed by atoms with Crippen LogP contribution in [0, 0.1) is 5.82 Å². The Morgan fingerprint density at radius 2 is 1.92 bits per heavy atom. The average molecular weight is 377 g/mol. The molecule has 0 spiro atoms. The molecule has 1 aliphatic rings. The normalized spacial score (nSPS) is 17.8. The van der Waals surface area contributed by atoms with Gasteiger partial charge in [0.2, 0.25) is 5.91 Å². The molecule has 1 amide bonds. The Morgan fingerprint density at radius 1 is 1.19 bits per heavy atom. The highest BCUT2D eigenvalue weighted by molar-refractivity contribution is 6.30. The minimum Gasteiger partial charge on any atom is -0.371 e. The van der Waals surface area contributed by atoms with Gasteiger partial charge in [-0.05, 0) is 41.8 Å². The Balaban J connectivity index is 1.43. The molecule has 1 aliphatic heterocycles. The van der Waals surface area contributed by atoms with Crippen LogP contribution in [0.2, 0.25) is 5.02 Å². The number of hydrogen-bond donors (Lipinski definition) is 1. The number of ether oxygens (including phenoxy) is 1. The number of rotatable bonds is 6. The summed E-state index contributed by atoms with van der Waals surface area (Å²) in [6, 6.07) is 13.9. The standard InChI is InChI=1S/C20H22ClFN2O2/c21-17-5-1-15(2-6-17)9-10-23-20(25)14-24-11-12-26-19(13-24)16-3-7-18(22)8-4-16/h1-8,19H,9-14H2,(H,23,25). The molecule has 1 unspecified atom stereocenters. The topological polar surface area (TPSA) is 41.6 Å². The number of amides is 1. The molecule has 4 nitrogen and oxygen atoms in total. The van der Waals surface area contributed by atoms with Gasteiger partial charge in [0.05, 0.1) is 19.3 Å². The van der Waals surface area contributed by atoms with Gasteiger partial charge in [-0.1, -0.05) is 35.9 Å². The second-order valence-electron chi connectivity index (χ2n) is 6.37. The second kappa shape index (κ2) is 9.12. The fourth-order valence-corrected chi connectivity index (χ4v) is 3.11. The lowest BCUT2D eigenvalue weighted by molar-refractivity contribution is -0.124. The third-order valence-corrected chi connectivity index (χ3v) is 4.66. The van der Waals surface area contributed by atoms with Gasteiger partial charge in [-0.3, -0.25) is 9.69 Å². The van der Waals surface area contributed by atoms with Crippen molar-refractivity contribution >= 4 is 17.5 Å². The van der Waals surface area contributed by atoms with Gasteiger partial charge in [0.15, 0.2) is 0 Å². The molecular formula is C20H22ClFN2O2. The number of nitrogens with zero attached hydrogens (tertiary/aromatic N) is 1. The van der Waals surface area contributed by atoms with Gasteiger partial charge in [0.1, 0.15) is 5.82 Å². The molecule has 2 aromatic rings. The molecule has 138 valence electrons. The van der Waals surface area contributed by atoms with E-state index < -0.39 is 0 Å². The van der Waals surface area contributed by atoms with Gasteiger partial charge in [-0.25, -0.2) is 4.39 Å². The fourth-order valence-electron chi connectivity index (χ4n) is 2.98. The van der Waals surface area contributed by atoms with Crippen LogP contribution in [0.4, 0.5) is 4.39 Å². The Bertz CT molecular complexity index is 722. The summed E-state index contributed by atoms with van der Waals surface area (Å²) in [4.78, 5) is 14.2. The predicted molar refractivity (Wildman–Crippen MR) is 99.7 cm³/mol. The van der Waals surface area contributed by atoms with Crippen LogP contribution in [0.5, 0.6) is 0 Å². The number of hydrogen-bond acceptors (Lipinski definition) is 3. The van der Waals surface area contributed by atoms with E-state index in [0.29, 0.717) is 37.8 Å². The van der Waals surface area contributed by atoms with Crippen molar-refractivity contribution in [3.05, 3.63) is 70.5 Å². The molecule has 26 heavy (non-hydrogen) atoms. The number of benzene rings is 2. The number of carbonyl (C=O) groups is 1. The Kier molecular flexibility index (Phi) is 6.61. The van der Waals surface area contributed by atoms with Crippen LogP contribution in [0.15, 0.2) is 48.5 Å². The van der Waals surface area contributed by atoms with Crippen LogP contribution < -0.4 is 5.32 Å². The maximum absolute atomic E-state index is 13.1. The van der Waals surface area contributed by atoms with Crippen molar-refractivity contribution in [1.82, 2.24) is 10.2 Å². The molecule has 6 heteroatoms. The fraction of sp³-hybridized carbons (Fsp3) is 0.350. The van der Waals surface area contributed by atoms with E-state index in [1.54, 1.807) is 12.1 Å². The summed E-state index contributed by atoms with van der Waals surface area (Å²) in [5.74, 6) is -0.264. The predicted octanol–water partition coefficient (Wildman–Crippen LogP) is 3.21. The maximum atomic E-state index is 13.1. The summed E-state index contributed by atoms with van der Waals surface area (Å²) in [5.41, 5.74) is 2.07. The molecule has 0 saturated carbocycles. The Labute approximate surface area is 157 Å². The smallest absolute Gasteiger partial charge is 0.234 e. The summed E-state index contributed by atoms with van der Waals surface area (Å²) >= 11 is 5.86. The molecule has 1 saturated heterocycles. The van der Waals surface area contributed by atoms with Gasteiger partial charge in [0.25, 0.3) is 0 Å². The minimum atomic E-state index is -0.263. The molecule has 0 aliphatic carbocycles. The van der Waals surface area contributed by atoms with Crippen molar-refractivity contribution in [3.8, 4) is 0 Å². The molecule has 0 radical (unpaired) electrons. The molecule has 0 bridgehead atoms. The van der Waals surface area contributed by atoms with E-state index in [1.165, 1.54) is 12.1 Å². The van der Waals surface area contributed by atoms with Crippen LogP contribution >= 0.6 is 11.6 Å². The van der Waals surface area contributed by atoms with Crippen molar-refractivity contribution in [1.29, 1.82) is 0 Å². The summed E-state index contributed by atoms with van der Waals surface area (Å²) in [6.07, 6.45) is 0.635. The minimum absolute atomic E-state index is 0.00119. The van der Waals surface area contributed by atoms with Crippen molar-refractivity contribution in [2.24, 2.45) is 0 Å². The Hall–Kier alpha value is -1.95. The highest BCUT2D eigenvalue weighted by Crippen LogP contribution is 2.22. The zero-order valence-corrected chi connectivity index (χ0v) is 15.2. The first kappa shape index (κ1) is 18.8. The van der Waals surface area contributed by atoms with Crippen molar-refractivity contribution in [2.75, 3.05) is 32.8 Å². The Morgan fingerprint density at radius 3 is 2.65 bits per heavy atom. The first-order chi connectivity index (χ1) is 12.6. The van der Waals surface area contributed by atoms with E-state index in [1.807, 2.05) is 24.3 Å². The van der Waals surface area contributed by atoms with Crippen molar-refractivity contribution in [2.45, 2.75) is 12.5 Å². The van der Waals surface area contributed by atoms with Crippen molar-refractivity contribution in [3.63, 3.8) is 0 Å². The van der Waals surface area contributed by atoms with E-state index in [0.717, 1.165) is 17.5 Å². The van der Waals surface area contributed by atoms with Gasteiger partial charge in [0, 0.05) is 24.7 Å². The molecule has 0 aromatic heterocycles. The molecule has 1 N–H and O–H groups in total. The zero-order chi connectivity index (χ0) is 18.4. The molecule has 1 fully saturated rings. The summed E-state index contributed by atoms with van der Waals surface area (Å²) in [5, 5.41) is 3.66. The first-order valence-electron chi connectivity index (χ1n) is 8.71. The van der Waals surface area contributed by atoms with Gasteiger partial charge in [-0.2, -0.15) is 0 Å². The lowest BCUT2D eigenvalue weighted by Gasteiger charge is -2.32. The largest absolute Gasteiger partial charge is 0.371 e. The SMILES string of the molecule is O=C(CN1CCOC(c2ccc(F)cc2)C1)NCCc1ccc(Cl)cc1. The lowest BCUT2D eigenvalue weighted by atomic mass is 10.1. The van der Waals surface area contributed by atoms with E-state index >= 15 is 0 Å². The number of nitrogens with one attached hydrogen (secondary N) is 1. The third kappa shape index (κ3) is 5.53. The molecule has 1 heterocycles. The first-order valence-corrected chi connectivity index (χ1v) is 9.08. The highest BCUT2D eigenvalue weighted by Gasteiger charge is 2.23. The van der Waals surface area contributed by atoms with E-state index in [9.17, 15) is 9.18 Å². The lowest BCUT2D eigenvalue weighted by Crippen LogP contribution is -2.44. The molecule has 1 atom stereocenters.